The zero-order valence-corrected chi connectivity index (χ0v) is 9.27. The summed E-state index contributed by atoms with van der Waals surface area (Å²) < 4.78 is 0. The number of amides is 1. The second kappa shape index (κ2) is 6.02. The molecule has 3 N–H and O–H groups in total. The van der Waals surface area contributed by atoms with Crippen LogP contribution in [-0.4, -0.2) is 24.3 Å². The van der Waals surface area contributed by atoms with E-state index in [0.717, 1.165) is 5.56 Å². The lowest BCUT2D eigenvalue weighted by molar-refractivity contribution is -0.126. The molecule has 0 aliphatic heterocycles. The predicted molar refractivity (Wildman–Crippen MR) is 61.8 cm³/mol. The van der Waals surface area contributed by atoms with Crippen LogP contribution in [0.1, 0.15) is 12.5 Å². The molecule has 0 aliphatic rings. The van der Waals surface area contributed by atoms with Crippen molar-refractivity contribution < 1.29 is 9.59 Å². The quantitative estimate of drug-likeness (QED) is 0.747. The van der Waals surface area contributed by atoms with E-state index in [0.29, 0.717) is 6.42 Å². The zero-order valence-electron chi connectivity index (χ0n) is 9.27. The van der Waals surface area contributed by atoms with Gasteiger partial charge in [0.25, 0.3) is 0 Å². The van der Waals surface area contributed by atoms with Crippen LogP contribution in [0.15, 0.2) is 30.3 Å². The Morgan fingerprint density at radius 2 is 1.94 bits per heavy atom. The van der Waals surface area contributed by atoms with Gasteiger partial charge in [-0.2, -0.15) is 0 Å². The normalized spacial score (nSPS) is 11.9. The highest BCUT2D eigenvalue weighted by molar-refractivity contribution is 5.88. The van der Waals surface area contributed by atoms with E-state index in [1.807, 2.05) is 30.3 Å². The molecule has 0 heterocycles. The van der Waals surface area contributed by atoms with Gasteiger partial charge in [0, 0.05) is 0 Å². The van der Waals surface area contributed by atoms with Crippen LogP contribution in [0, 0.1) is 0 Å². The van der Waals surface area contributed by atoms with Gasteiger partial charge < -0.3 is 11.1 Å². The van der Waals surface area contributed by atoms with Crippen molar-refractivity contribution >= 4 is 11.7 Å². The lowest BCUT2D eigenvalue weighted by atomic mass is 10.0. The van der Waals surface area contributed by atoms with E-state index in [-0.39, 0.29) is 18.2 Å². The SMILES string of the molecule is CC(=O)[C@H](Cc1ccccc1)NC(=O)CN. The van der Waals surface area contributed by atoms with Crippen molar-refractivity contribution in [2.75, 3.05) is 6.54 Å². The van der Waals surface area contributed by atoms with E-state index in [9.17, 15) is 9.59 Å². The van der Waals surface area contributed by atoms with Gasteiger partial charge in [-0.15, -0.1) is 0 Å². The molecule has 0 aliphatic carbocycles. The molecule has 1 aromatic rings. The number of nitrogens with one attached hydrogen (secondary N) is 1. The maximum Gasteiger partial charge on any atom is 0.234 e. The average molecular weight is 220 g/mol. The molecule has 0 bridgehead atoms. The summed E-state index contributed by atoms with van der Waals surface area (Å²) in [5.41, 5.74) is 6.20. The maximum absolute atomic E-state index is 11.3. The molecule has 0 radical (unpaired) electrons. The Bertz CT molecular complexity index is 363. The molecule has 0 aromatic heterocycles. The molecule has 0 saturated carbocycles. The summed E-state index contributed by atoms with van der Waals surface area (Å²) >= 11 is 0. The van der Waals surface area contributed by atoms with Gasteiger partial charge in [-0.3, -0.25) is 9.59 Å². The van der Waals surface area contributed by atoms with Crippen LogP contribution < -0.4 is 11.1 Å². The molecule has 0 unspecified atom stereocenters. The van der Waals surface area contributed by atoms with Crippen molar-refractivity contribution in [1.82, 2.24) is 5.32 Å². The number of carbonyl (C=O) groups excluding carboxylic acids is 2. The van der Waals surface area contributed by atoms with E-state index in [4.69, 9.17) is 5.73 Å². The van der Waals surface area contributed by atoms with Gasteiger partial charge in [0.15, 0.2) is 5.78 Å². The number of carbonyl (C=O) groups is 2. The fourth-order valence-electron chi connectivity index (χ4n) is 1.40. The molecule has 16 heavy (non-hydrogen) atoms. The average Bonchev–Trinajstić information content (AvgIpc) is 2.29. The summed E-state index contributed by atoms with van der Waals surface area (Å²) in [6.45, 7) is 1.36. The van der Waals surface area contributed by atoms with E-state index >= 15 is 0 Å². The van der Waals surface area contributed by atoms with Gasteiger partial charge in [0.1, 0.15) is 0 Å². The van der Waals surface area contributed by atoms with Crippen molar-refractivity contribution in [2.24, 2.45) is 5.73 Å². The monoisotopic (exact) mass is 220 g/mol. The Morgan fingerprint density at radius 1 is 1.31 bits per heavy atom. The minimum atomic E-state index is -0.488. The second-order valence-corrected chi connectivity index (χ2v) is 3.62. The van der Waals surface area contributed by atoms with Gasteiger partial charge in [-0.05, 0) is 18.9 Å². The molecular formula is C12H16N2O2. The number of hydrogen-bond donors (Lipinski definition) is 2. The van der Waals surface area contributed by atoms with Crippen LogP contribution in [0.3, 0.4) is 0 Å². The van der Waals surface area contributed by atoms with Crippen LogP contribution in [0.25, 0.3) is 0 Å². The molecule has 4 nitrogen and oxygen atoms in total. The highest BCUT2D eigenvalue weighted by Gasteiger charge is 2.16. The van der Waals surface area contributed by atoms with Crippen LogP contribution >= 0.6 is 0 Å². The third-order valence-electron chi connectivity index (χ3n) is 2.29. The molecule has 1 rings (SSSR count). The molecule has 1 atom stereocenters. The Kier molecular flexibility index (Phi) is 4.66. The zero-order chi connectivity index (χ0) is 12.0. The first-order valence-electron chi connectivity index (χ1n) is 5.17. The summed E-state index contributed by atoms with van der Waals surface area (Å²) in [6.07, 6.45) is 0.502. The van der Waals surface area contributed by atoms with Crippen molar-refractivity contribution in [2.45, 2.75) is 19.4 Å². The van der Waals surface area contributed by atoms with Crippen LogP contribution in [-0.2, 0) is 16.0 Å². The third kappa shape index (κ3) is 3.82. The largest absolute Gasteiger partial charge is 0.345 e. The molecule has 0 saturated heterocycles. The number of hydrogen-bond acceptors (Lipinski definition) is 3. The summed E-state index contributed by atoms with van der Waals surface area (Å²) in [5, 5.41) is 2.60. The van der Waals surface area contributed by atoms with Crippen LogP contribution in [0.5, 0.6) is 0 Å². The van der Waals surface area contributed by atoms with Crippen LogP contribution in [0.2, 0.25) is 0 Å². The molecule has 1 aromatic carbocycles. The minimum absolute atomic E-state index is 0.0642. The van der Waals surface area contributed by atoms with Gasteiger partial charge in [0.2, 0.25) is 5.91 Å². The highest BCUT2D eigenvalue weighted by atomic mass is 16.2. The van der Waals surface area contributed by atoms with Crippen LogP contribution in [0.4, 0.5) is 0 Å². The number of Topliss-reactive ketones (excluding diaryl/α,β-unsaturated/α-hetero) is 1. The molecule has 4 heteroatoms. The molecular weight excluding hydrogens is 204 g/mol. The third-order valence-corrected chi connectivity index (χ3v) is 2.29. The fourth-order valence-corrected chi connectivity index (χ4v) is 1.40. The molecule has 0 spiro atoms. The standard InChI is InChI=1S/C12H16N2O2/c1-9(15)11(14-12(16)8-13)7-10-5-3-2-4-6-10/h2-6,11H,7-8,13H2,1H3,(H,14,16)/t11-/m0/s1. The Morgan fingerprint density at radius 3 is 2.44 bits per heavy atom. The first-order valence-corrected chi connectivity index (χ1v) is 5.17. The van der Waals surface area contributed by atoms with Crippen molar-refractivity contribution in [3.8, 4) is 0 Å². The lowest BCUT2D eigenvalue weighted by Gasteiger charge is -2.15. The minimum Gasteiger partial charge on any atom is -0.345 e. The predicted octanol–water partition coefficient (Wildman–Crippen LogP) is 0.262. The second-order valence-electron chi connectivity index (χ2n) is 3.62. The highest BCUT2D eigenvalue weighted by Crippen LogP contribution is 2.03. The fraction of sp³-hybridized carbons (Fsp3) is 0.333. The summed E-state index contributed by atoms with van der Waals surface area (Å²) in [5.74, 6) is -0.373. The van der Waals surface area contributed by atoms with Gasteiger partial charge in [-0.25, -0.2) is 0 Å². The van der Waals surface area contributed by atoms with E-state index in [1.54, 1.807) is 0 Å². The number of nitrogens with two attached hydrogens (primary N) is 1. The summed E-state index contributed by atoms with van der Waals surface area (Å²) in [4.78, 5) is 22.5. The van der Waals surface area contributed by atoms with Gasteiger partial charge in [-0.1, -0.05) is 30.3 Å². The van der Waals surface area contributed by atoms with Crippen molar-refractivity contribution in [3.63, 3.8) is 0 Å². The summed E-state index contributed by atoms with van der Waals surface area (Å²) in [6, 6.07) is 9.06. The molecule has 86 valence electrons. The topological polar surface area (TPSA) is 72.2 Å². The number of ketones is 1. The Balaban J connectivity index is 2.65. The Labute approximate surface area is 94.8 Å². The number of benzene rings is 1. The van der Waals surface area contributed by atoms with Crippen molar-refractivity contribution in [1.29, 1.82) is 0 Å². The van der Waals surface area contributed by atoms with Crippen molar-refractivity contribution in [3.05, 3.63) is 35.9 Å². The van der Waals surface area contributed by atoms with Gasteiger partial charge in [0.05, 0.1) is 12.6 Å². The Hall–Kier alpha value is -1.68. The smallest absolute Gasteiger partial charge is 0.234 e. The first-order chi connectivity index (χ1) is 7.63. The lowest BCUT2D eigenvalue weighted by Crippen LogP contribution is -2.44. The molecule has 1 amide bonds. The number of rotatable bonds is 5. The maximum atomic E-state index is 11.3. The van der Waals surface area contributed by atoms with E-state index < -0.39 is 6.04 Å². The summed E-state index contributed by atoms with van der Waals surface area (Å²) in [7, 11) is 0. The molecule has 0 fully saturated rings. The van der Waals surface area contributed by atoms with Gasteiger partial charge >= 0.3 is 0 Å². The van der Waals surface area contributed by atoms with E-state index in [2.05, 4.69) is 5.32 Å². The first kappa shape index (κ1) is 12.4. The van der Waals surface area contributed by atoms with E-state index in [1.165, 1.54) is 6.92 Å².